The molecule has 1 aromatic carbocycles. The molecule has 1 saturated heterocycles. The minimum atomic E-state index is 0.447. The molecule has 2 aromatic heterocycles. The van der Waals surface area contributed by atoms with Crippen molar-refractivity contribution in [1.29, 1.82) is 0 Å². The van der Waals surface area contributed by atoms with Crippen LogP contribution in [-0.4, -0.2) is 26.2 Å². The van der Waals surface area contributed by atoms with E-state index in [-0.39, 0.29) is 0 Å². The normalized spacial score (nSPS) is 18.8. The molecule has 4 rings (SSSR count). The van der Waals surface area contributed by atoms with Crippen LogP contribution in [0.4, 0.5) is 0 Å². The standard InChI is InChI=1S/C19H22N4/c1-14-5-7-16-12-15(6-8-17(16)20-14)13-23-10-3-4-19(23)18-9-11-22(2)21-18/h5-9,11-12,19H,3-4,10,13H2,1-2H3. The highest BCUT2D eigenvalue weighted by molar-refractivity contribution is 5.79. The van der Waals surface area contributed by atoms with E-state index >= 15 is 0 Å². The first-order valence-corrected chi connectivity index (χ1v) is 8.29. The first kappa shape index (κ1) is 14.4. The summed E-state index contributed by atoms with van der Waals surface area (Å²) in [5.74, 6) is 0. The summed E-state index contributed by atoms with van der Waals surface area (Å²) in [6, 6.07) is 13.5. The molecule has 23 heavy (non-hydrogen) atoms. The summed E-state index contributed by atoms with van der Waals surface area (Å²) in [6.07, 6.45) is 4.48. The van der Waals surface area contributed by atoms with Crippen LogP contribution >= 0.6 is 0 Å². The van der Waals surface area contributed by atoms with E-state index in [2.05, 4.69) is 51.4 Å². The largest absolute Gasteiger partial charge is 0.290 e. The number of benzene rings is 1. The molecule has 3 heterocycles. The van der Waals surface area contributed by atoms with E-state index in [1.807, 2.05) is 24.9 Å². The third kappa shape index (κ3) is 2.86. The molecule has 0 aliphatic carbocycles. The summed E-state index contributed by atoms with van der Waals surface area (Å²) in [5.41, 5.74) is 4.70. The quantitative estimate of drug-likeness (QED) is 0.741. The minimum Gasteiger partial charge on any atom is -0.290 e. The highest BCUT2D eigenvalue weighted by Gasteiger charge is 2.27. The first-order valence-electron chi connectivity index (χ1n) is 8.29. The summed E-state index contributed by atoms with van der Waals surface area (Å²) in [6.45, 7) is 4.16. The number of aryl methyl sites for hydroxylation is 2. The Hall–Kier alpha value is -2.20. The predicted octanol–water partition coefficient (Wildman–Crippen LogP) is 3.61. The van der Waals surface area contributed by atoms with Crippen LogP contribution in [0, 0.1) is 6.92 Å². The van der Waals surface area contributed by atoms with Gasteiger partial charge in [0, 0.05) is 30.9 Å². The lowest BCUT2D eigenvalue weighted by atomic mass is 10.1. The van der Waals surface area contributed by atoms with E-state index in [4.69, 9.17) is 0 Å². The Morgan fingerprint density at radius 3 is 2.91 bits per heavy atom. The van der Waals surface area contributed by atoms with Crippen LogP contribution in [0.5, 0.6) is 0 Å². The van der Waals surface area contributed by atoms with Gasteiger partial charge in [-0.15, -0.1) is 0 Å². The molecule has 1 unspecified atom stereocenters. The van der Waals surface area contributed by atoms with Crippen molar-refractivity contribution < 1.29 is 0 Å². The lowest BCUT2D eigenvalue weighted by Gasteiger charge is -2.23. The Morgan fingerprint density at radius 1 is 1.17 bits per heavy atom. The van der Waals surface area contributed by atoms with E-state index in [9.17, 15) is 0 Å². The SMILES string of the molecule is Cc1ccc2cc(CN3CCCC3c3ccn(C)n3)ccc2n1. The molecule has 0 radical (unpaired) electrons. The number of likely N-dealkylation sites (tertiary alicyclic amines) is 1. The Labute approximate surface area is 136 Å². The van der Waals surface area contributed by atoms with Gasteiger partial charge in [0.05, 0.1) is 17.3 Å². The molecule has 3 aromatic rings. The summed E-state index contributed by atoms with van der Waals surface area (Å²) in [5, 5.41) is 5.83. The van der Waals surface area contributed by atoms with Gasteiger partial charge in [0.15, 0.2) is 0 Å². The Balaban J connectivity index is 1.58. The molecular formula is C19H22N4. The number of aromatic nitrogens is 3. The van der Waals surface area contributed by atoms with E-state index < -0.39 is 0 Å². The third-order valence-corrected chi connectivity index (χ3v) is 4.72. The average Bonchev–Trinajstić information content (AvgIpc) is 3.16. The van der Waals surface area contributed by atoms with Gasteiger partial charge in [-0.3, -0.25) is 14.6 Å². The lowest BCUT2D eigenvalue weighted by molar-refractivity contribution is 0.243. The number of pyridine rings is 1. The van der Waals surface area contributed by atoms with Gasteiger partial charge in [0.25, 0.3) is 0 Å². The van der Waals surface area contributed by atoms with Crippen molar-refractivity contribution in [2.45, 2.75) is 32.4 Å². The van der Waals surface area contributed by atoms with Crippen molar-refractivity contribution >= 4 is 10.9 Å². The molecule has 1 atom stereocenters. The fraction of sp³-hybridized carbons (Fsp3) is 0.368. The molecule has 0 amide bonds. The number of hydrogen-bond donors (Lipinski definition) is 0. The maximum absolute atomic E-state index is 4.61. The second kappa shape index (κ2) is 5.78. The fourth-order valence-electron chi connectivity index (χ4n) is 3.57. The summed E-state index contributed by atoms with van der Waals surface area (Å²) >= 11 is 0. The Morgan fingerprint density at radius 2 is 2.09 bits per heavy atom. The first-order chi connectivity index (χ1) is 11.2. The van der Waals surface area contributed by atoms with Gasteiger partial charge in [-0.2, -0.15) is 5.10 Å². The van der Waals surface area contributed by atoms with E-state index in [1.165, 1.54) is 29.5 Å². The summed E-state index contributed by atoms with van der Waals surface area (Å²) in [4.78, 5) is 7.13. The van der Waals surface area contributed by atoms with Gasteiger partial charge in [0.1, 0.15) is 0 Å². The molecule has 4 nitrogen and oxygen atoms in total. The third-order valence-electron chi connectivity index (χ3n) is 4.72. The van der Waals surface area contributed by atoms with Crippen LogP contribution in [0.3, 0.4) is 0 Å². The molecule has 0 spiro atoms. The molecule has 0 bridgehead atoms. The number of fused-ring (bicyclic) bond motifs is 1. The smallest absolute Gasteiger partial charge is 0.0796 e. The van der Waals surface area contributed by atoms with Gasteiger partial charge in [0.2, 0.25) is 0 Å². The molecular weight excluding hydrogens is 284 g/mol. The van der Waals surface area contributed by atoms with Crippen LogP contribution in [0.2, 0.25) is 0 Å². The van der Waals surface area contributed by atoms with Crippen LogP contribution < -0.4 is 0 Å². The summed E-state index contributed by atoms with van der Waals surface area (Å²) in [7, 11) is 1.99. The van der Waals surface area contributed by atoms with E-state index in [0.717, 1.165) is 24.3 Å². The molecule has 0 saturated carbocycles. The average molecular weight is 306 g/mol. The highest BCUT2D eigenvalue weighted by atomic mass is 15.3. The van der Waals surface area contributed by atoms with Gasteiger partial charge < -0.3 is 0 Å². The molecule has 0 N–H and O–H groups in total. The highest BCUT2D eigenvalue weighted by Crippen LogP contribution is 2.32. The van der Waals surface area contributed by atoms with Crippen molar-refractivity contribution in [3.05, 3.63) is 59.5 Å². The topological polar surface area (TPSA) is 34.0 Å². The zero-order chi connectivity index (χ0) is 15.8. The Kier molecular flexibility index (Phi) is 3.62. The molecule has 118 valence electrons. The van der Waals surface area contributed by atoms with Gasteiger partial charge in [-0.1, -0.05) is 12.1 Å². The molecule has 1 fully saturated rings. The number of hydrogen-bond acceptors (Lipinski definition) is 3. The van der Waals surface area contributed by atoms with Crippen LogP contribution in [0.15, 0.2) is 42.6 Å². The minimum absolute atomic E-state index is 0.447. The van der Waals surface area contributed by atoms with Crippen molar-refractivity contribution in [2.75, 3.05) is 6.54 Å². The lowest BCUT2D eigenvalue weighted by Crippen LogP contribution is -2.23. The number of rotatable bonds is 3. The van der Waals surface area contributed by atoms with Gasteiger partial charge in [-0.05, 0) is 56.1 Å². The zero-order valence-electron chi connectivity index (χ0n) is 13.7. The van der Waals surface area contributed by atoms with E-state index in [0.29, 0.717) is 6.04 Å². The van der Waals surface area contributed by atoms with Gasteiger partial charge in [-0.25, -0.2) is 0 Å². The summed E-state index contributed by atoms with van der Waals surface area (Å²) < 4.78 is 1.90. The van der Waals surface area contributed by atoms with Crippen molar-refractivity contribution in [2.24, 2.45) is 7.05 Å². The fourth-order valence-corrected chi connectivity index (χ4v) is 3.57. The van der Waals surface area contributed by atoms with Gasteiger partial charge >= 0.3 is 0 Å². The molecule has 1 aliphatic heterocycles. The van der Waals surface area contributed by atoms with E-state index in [1.54, 1.807) is 0 Å². The maximum atomic E-state index is 4.61. The van der Waals surface area contributed by atoms with Crippen molar-refractivity contribution in [3.8, 4) is 0 Å². The number of nitrogens with zero attached hydrogens (tertiary/aromatic N) is 4. The van der Waals surface area contributed by atoms with Crippen molar-refractivity contribution in [3.63, 3.8) is 0 Å². The monoisotopic (exact) mass is 306 g/mol. The van der Waals surface area contributed by atoms with Crippen molar-refractivity contribution in [1.82, 2.24) is 19.7 Å². The maximum Gasteiger partial charge on any atom is 0.0796 e. The van der Waals surface area contributed by atoms with Crippen LogP contribution in [-0.2, 0) is 13.6 Å². The van der Waals surface area contributed by atoms with Crippen LogP contribution in [0.1, 0.15) is 35.8 Å². The predicted molar refractivity (Wildman–Crippen MR) is 92.1 cm³/mol. The second-order valence-corrected chi connectivity index (χ2v) is 6.52. The van der Waals surface area contributed by atoms with Crippen LogP contribution in [0.25, 0.3) is 10.9 Å². The molecule has 4 heteroatoms. The Bertz CT molecular complexity index is 836. The second-order valence-electron chi connectivity index (χ2n) is 6.52. The zero-order valence-corrected chi connectivity index (χ0v) is 13.7. The molecule has 1 aliphatic rings.